The van der Waals surface area contributed by atoms with Gasteiger partial charge in [0.2, 0.25) is 0 Å². The highest BCUT2D eigenvalue weighted by Crippen LogP contribution is 2.34. The van der Waals surface area contributed by atoms with Crippen LogP contribution in [0.5, 0.6) is 11.5 Å². The summed E-state index contributed by atoms with van der Waals surface area (Å²) in [4.78, 5) is 25.1. The Kier molecular flexibility index (Phi) is 6.53. The van der Waals surface area contributed by atoms with Crippen molar-refractivity contribution in [3.05, 3.63) is 27.8 Å². The predicted octanol–water partition coefficient (Wildman–Crippen LogP) is 1.93. The first kappa shape index (κ1) is 19.7. The van der Waals surface area contributed by atoms with E-state index >= 15 is 0 Å². The van der Waals surface area contributed by atoms with Crippen LogP contribution >= 0.6 is 0 Å². The van der Waals surface area contributed by atoms with Gasteiger partial charge in [0.25, 0.3) is 11.6 Å². The minimum absolute atomic E-state index is 0.0571. The number of ether oxygens (including phenoxy) is 2. The van der Waals surface area contributed by atoms with Crippen LogP contribution in [-0.2, 0) is 0 Å². The van der Waals surface area contributed by atoms with E-state index in [-0.39, 0.29) is 28.2 Å². The van der Waals surface area contributed by atoms with Gasteiger partial charge in [0.05, 0.1) is 25.2 Å². The number of nitro benzene ring substituents is 1. The van der Waals surface area contributed by atoms with Crippen molar-refractivity contribution in [3.63, 3.8) is 0 Å². The highest BCUT2D eigenvalue weighted by molar-refractivity contribution is 5.99. The molecule has 0 radical (unpaired) electrons. The van der Waals surface area contributed by atoms with Crippen molar-refractivity contribution < 1.29 is 19.2 Å². The quantitative estimate of drug-likeness (QED) is 0.574. The van der Waals surface area contributed by atoms with Crippen molar-refractivity contribution in [2.75, 3.05) is 41.4 Å². The summed E-state index contributed by atoms with van der Waals surface area (Å²) < 4.78 is 10.2. The number of rotatable bonds is 8. The summed E-state index contributed by atoms with van der Waals surface area (Å²) in [6.07, 6.45) is 0. The Morgan fingerprint density at radius 2 is 1.79 bits per heavy atom. The normalized spacial score (nSPS) is 11.3. The molecule has 0 aliphatic heterocycles. The maximum absolute atomic E-state index is 12.4. The second kappa shape index (κ2) is 7.96. The van der Waals surface area contributed by atoms with Crippen molar-refractivity contribution in [2.24, 2.45) is 5.41 Å². The van der Waals surface area contributed by atoms with Crippen LogP contribution in [0.2, 0.25) is 0 Å². The van der Waals surface area contributed by atoms with E-state index in [2.05, 4.69) is 5.32 Å². The van der Waals surface area contributed by atoms with E-state index in [9.17, 15) is 14.9 Å². The topological polar surface area (TPSA) is 93.9 Å². The maximum Gasteiger partial charge on any atom is 0.286 e. The summed E-state index contributed by atoms with van der Waals surface area (Å²) in [6.45, 7) is 5.17. The van der Waals surface area contributed by atoms with Gasteiger partial charge in [-0.15, -0.1) is 0 Å². The minimum atomic E-state index is -0.609. The number of amides is 1. The second-order valence-electron chi connectivity index (χ2n) is 6.57. The van der Waals surface area contributed by atoms with Gasteiger partial charge in [-0.25, -0.2) is 0 Å². The van der Waals surface area contributed by atoms with Crippen molar-refractivity contribution in [1.29, 1.82) is 0 Å². The Bertz CT molecular complexity index is 614. The predicted molar refractivity (Wildman–Crippen MR) is 90.9 cm³/mol. The van der Waals surface area contributed by atoms with Crippen LogP contribution in [-0.4, -0.2) is 57.1 Å². The summed E-state index contributed by atoms with van der Waals surface area (Å²) in [5.74, 6) is -0.0519. The molecular weight excluding hydrogens is 314 g/mol. The number of nitrogens with zero attached hydrogens (tertiary/aromatic N) is 2. The monoisotopic (exact) mass is 339 g/mol. The van der Waals surface area contributed by atoms with Gasteiger partial charge in [0.1, 0.15) is 5.56 Å². The number of hydrogen-bond donors (Lipinski definition) is 1. The summed E-state index contributed by atoms with van der Waals surface area (Å²) >= 11 is 0. The maximum atomic E-state index is 12.4. The van der Waals surface area contributed by atoms with E-state index in [0.29, 0.717) is 6.54 Å². The van der Waals surface area contributed by atoms with Gasteiger partial charge in [-0.2, -0.15) is 0 Å². The molecule has 0 saturated carbocycles. The number of benzene rings is 1. The summed E-state index contributed by atoms with van der Waals surface area (Å²) in [5.41, 5.74) is -0.557. The molecule has 8 heteroatoms. The van der Waals surface area contributed by atoms with Gasteiger partial charge in [-0.3, -0.25) is 14.9 Å². The fourth-order valence-electron chi connectivity index (χ4n) is 2.53. The molecule has 0 heterocycles. The first-order valence-electron chi connectivity index (χ1n) is 7.44. The molecule has 1 aromatic carbocycles. The standard InChI is InChI=1S/C16H25N3O5/c1-16(2,10-18(3)4)9-17-15(20)11-7-13(23-5)14(24-6)8-12(11)19(21)22/h7-8H,9-10H2,1-6H3,(H,17,20). The Labute approximate surface area is 141 Å². The van der Waals surface area contributed by atoms with Gasteiger partial charge in [0, 0.05) is 19.2 Å². The number of methoxy groups -OCH3 is 2. The molecule has 0 bridgehead atoms. The highest BCUT2D eigenvalue weighted by atomic mass is 16.6. The molecule has 0 aliphatic carbocycles. The number of carbonyl (C=O) groups excluding carboxylic acids is 1. The SMILES string of the molecule is COc1cc(C(=O)NCC(C)(C)CN(C)C)c([N+](=O)[O-])cc1OC. The van der Waals surface area contributed by atoms with Gasteiger partial charge >= 0.3 is 0 Å². The van der Waals surface area contributed by atoms with Gasteiger partial charge in [-0.05, 0) is 19.5 Å². The number of nitro groups is 1. The van der Waals surface area contributed by atoms with Crippen molar-refractivity contribution in [3.8, 4) is 11.5 Å². The molecule has 1 amide bonds. The Hall–Kier alpha value is -2.35. The fourth-order valence-corrected chi connectivity index (χ4v) is 2.53. The van der Waals surface area contributed by atoms with E-state index in [0.717, 1.165) is 6.54 Å². The molecule has 134 valence electrons. The zero-order valence-corrected chi connectivity index (χ0v) is 15.0. The smallest absolute Gasteiger partial charge is 0.286 e. The zero-order chi connectivity index (χ0) is 18.5. The summed E-state index contributed by atoms with van der Waals surface area (Å²) in [5, 5.41) is 14.0. The van der Waals surface area contributed by atoms with E-state index in [1.165, 1.54) is 26.4 Å². The molecule has 1 aromatic rings. The van der Waals surface area contributed by atoms with Crippen LogP contribution in [0.4, 0.5) is 5.69 Å². The van der Waals surface area contributed by atoms with Crippen molar-refractivity contribution in [2.45, 2.75) is 13.8 Å². The number of carbonyl (C=O) groups is 1. The average Bonchev–Trinajstić information content (AvgIpc) is 2.49. The van der Waals surface area contributed by atoms with E-state index in [1.54, 1.807) is 0 Å². The molecule has 0 fully saturated rings. The number of hydrogen-bond acceptors (Lipinski definition) is 6. The molecule has 24 heavy (non-hydrogen) atoms. The van der Waals surface area contributed by atoms with E-state index < -0.39 is 10.8 Å². The molecule has 0 spiro atoms. The molecule has 0 aromatic heterocycles. The lowest BCUT2D eigenvalue weighted by molar-refractivity contribution is -0.385. The highest BCUT2D eigenvalue weighted by Gasteiger charge is 2.26. The van der Waals surface area contributed by atoms with E-state index in [1.807, 2.05) is 32.8 Å². The lowest BCUT2D eigenvalue weighted by atomic mass is 9.93. The van der Waals surface area contributed by atoms with Crippen LogP contribution in [0.1, 0.15) is 24.2 Å². The third-order valence-corrected chi connectivity index (χ3v) is 3.41. The van der Waals surface area contributed by atoms with Gasteiger partial charge < -0.3 is 19.7 Å². The molecule has 1 rings (SSSR count). The van der Waals surface area contributed by atoms with Crippen LogP contribution in [0.25, 0.3) is 0 Å². The molecule has 0 atom stereocenters. The summed E-state index contributed by atoms with van der Waals surface area (Å²) in [7, 11) is 6.68. The summed E-state index contributed by atoms with van der Waals surface area (Å²) in [6, 6.07) is 2.52. The first-order valence-corrected chi connectivity index (χ1v) is 7.44. The van der Waals surface area contributed by atoms with Crippen molar-refractivity contribution >= 4 is 11.6 Å². The third kappa shape index (κ3) is 5.09. The Morgan fingerprint density at radius 3 is 2.25 bits per heavy atom. The molecule has 8 nitrogen and oxygen atoms in total. The Balaban J connectivity index is 3.07. The van der Waals surface area contributed by atoms with E-state index in [4.69, 9.17) is 9.47 Å². The molecule has 0 saturated heterocycles. The number of nitrogens with one attached hydrogen (secondary N) is 1. The fraction of sp³-hybridized carbons (Fsp3) is 0.562. The third-order valence-electron chi connectivity index (χ3n) is 3.41. The van der Waals surface area contributed by atoms with Crippen LogP contribution in [0, 0.1) is 15.5 Å². The van der Waals surface area contributed by atoms with Gasteiger partial charge in [-0.1, -0.05) is 13.8 Å². The van der Waals surface area contributed by atoms with Crippen LogP contribution in [0.3, 0.4) is 0 Å². The molecule has 1 N–H and O–H groups in total. The molecule has 0 unspecified atom stereocenters. The van der Waals surface area contributed by atoms with Gasteiger partial charge in [0.15, 0.2) is 11.5 Å². The van der Waals surface area contributed by atoms with Crippen LogP contribution in [0.15, 0.2) is 12.1 Å². The Morgan fingerprint density at radius 1 is 1.25 bits per heavy atom. The van der Waals surface area contributed by atoms with Crippen molar-refractivity contribution in [1.82, 2.24) is 10.2 Å². The minimum Gasteiger partial charge on any atom is -0.493 e. The largest absolute Gasteiger partial charge is 0.493 e. The van der Waals surface area contributed by atoms with Crippen LogP contribution < -0.4 is 14.8 Å². The molecule has 0 aliphatic rings. The second-order valence-corrected chi connectivity index (χ2v) is 6.57. The lowest BCUT2D eigenvalue weighted by Crippen LogP contribution is -2.40. The average molecular weight is 339 g/mol. The molecular formula is C16H25N3O5. The first-order chi connectivity index (χ1) is 11.1. The zero-order valence-electron chi connectivity index (χ0n) is 15.0. The lowest BCUT2D eigenvalue weighted by Gasteiger charge is -2.28.